The van der Waals surface area contributed by atoms with Crippen LogP contribution in [0.3, 0.4) is 0 Å². The maximum atomic E-state index is 10.3. The summed E-state index contributed by atoms with van der Waals surface area (Å²) in [5, 5.41) is 14.5. The van der Waals surface area contributed by atoms with Crippen molar-refractivity contribution in [3.8, 4) is 34.5 Å². The molecule has 174 valence electrons. The summed E-state index contributed by atoms with van der Waals surface area (Å²) in [6.07, 6.45) is 3.98. The summed E-state index contributed by atoms with van der Waals surface area (Å²) in [5.41, 5.74) is 4.55. The number of nitrogens with zero attached hydrogens (tertiary/aromatic N) is 1. The molecule has 0 bridgehead atoms. The number of thiophene rings is 1. The van der Waals surface area contributed by atoms with Crippen LogP contribution in [0, 0.1) is 17.3 Å². The second kappa shape index (κ2) is 12.5. The van der Waals surface area contributed by atoms with E-state index < -0.39 is 0 Å². The zero-order valence-corrected chi connectivity index (χ0v) is 21.3. The minimum absolute atomic E-state index is 0. The molecule has 33 heavy (non-hydrogen) atoms. The summed E-state index contributed by atoms with van der Waals surface area (Å²) in [5.74, 6) is 6.95. The number of ether oxygens (including phenoxy) is 1. The van der Waals surface area contributed by atoms with Gasteiger partial charge in [0.2, 0.25) is 0 Å². The largest absolute Gasteiger partial charge is 0.504 e. The van der Waals surface area contributed by atoms with Crippen molar-refractivity contribution in [1.82, 2.24) is 4.90 Å². The highest BCUT2D eigenvalue weighted by Crippen LogP contribution is 2.29. The van der Waals surface area contributed by atoms with E-state index in [9.17, 15) is 5.11 Å². The zero-order chi connectivity index (χ0) is 23.0. The number of aromatic hydroxyl groups is 1. The third-order valence-corrected chi connectivity index (χ3v) is 5.40. The second-order valence-electron chi connectivity index (χ2n) is 8.92. The molecule has 0 radical (unpaired) electrons. The van der Waals surface area contributed by atoms with Gasteiger partial charge in [-0.2, -0.15) is 11.3 Å². The van der Waals surface area contributed by atoms with Gasteiger partial charge in [-0.3, -0.25) is 4.90 Å². The molecular formula is C28H32ClNO2S. The molecule has 0 aliphatic carbocycles. The van der Waals surface area contributed by atoms with Gasteiger partial charge in [-0.05, 0) is 91.2 Å². The third-order valence-electron chi connectivity index (χ3n) is 4.72. The number of halogens is 1. The minimum Gasteiger partial charge on any atom is -0.504 e. The molecule has 5 heteroatoms. The first-order valence-electron chi connectivity index (χ1n) is 10.7. The average molecular weight is 482 g/mol. The number of phenolic OH excluding ortho intramolecular Hbond substituents is 1. The van der Waals surface area contributed by atoms with Crippen LogP contribution in [0.2, 0.25) is 0 Å². The molecule has 0 unspecified atom stereocenters. The first kappa shape index (κ1) is 26.5. The first-order valence-corrected chi connectivity index (χ1v) is 11.7. The van der Waals surface area contributed by atoms with Crippen LogP contribution in [0.25, 0.3) is 11.1 Å². The van der Waals surface area contributed by atoms with Crippen LogP contribution in [-0.4, -0.2) is 23.6 Å². The number of hydrogen-bond donors (Lipinski definition) is 1. The quantitative estimate of drug-likeness (QED) is 0.346. The van der Waals surface area contributed by atoms with Crippen LogP contribution >= 0.6 is 23.7 Å². The number of rotatable bonds is 8. The lowest BCUT2D eigenvalue weighted by Gasteiger charge is -2.16. The Labute approximate surface area is 208 Å². The fourth-order valence-corrected chi connectivity index (χ4v) is 3.79. The van der Waals surface area contributed by atoms with Crippen LogP contribution in [0.1, 0.15) is 31.9 Å². The minimum atomic E-state index is 0. The standard InChI is InChI=1S/C28H31NO2S.ClH/c1-28(2,3)14-6-5-7-15-29(4)19-22-11-12-26(30)27(18-22)31-20-23-9-8-10-24(17-23)25-13-16-32-21-25;/h5,7-13,16-18,21,30H,15,19-20H2,1-4H3;1H/b7-5+;. The molecule has 1 aromatic heterocycles. The van der Waals surface area contributed by atoms with E-state index in [2.05, 4.69) is 79.6 Å². The lowest BCUT2D eigenvalue weighted by molar-refractivity contribution is 0.287. The normalized spacial score (nSPS) is 11.2. The van der Waals surface area contributed by atoms with E-state index in [0.717, 1.165) is 24.2 Å². The highest BCUT2D eigenvalue weighted by molar-refractivity contribution is 7.08. The summed E-state index contributed by atoms with van der Waals surface area (Å²) in [4.78, 5) is 2.19. The molecule has 1 N–H and O–H groups in total. The predicted octanol–water partition coefficient (Wildman–Crippen LogP) is 7.16. The number of benzene rings is 2. The van der Waals surface area contributed by atoms with Crippen molar-refractivity contribution in [2.24, 2.45) is 5.41 Å². The molecule has 0 saturated heterocycles. The van der Waals surface area contributed by atoms with Crippen LogP contribution in [0.5, 0.6) is 11.5 Å². The van der Waals surface area contributed by atoms with E-state index in [1.165, 1.54) is 11.1 Å². The molecule has 0 aliphatic rings. The van der Waals surface area contributed by atoms with Gasteiger partial charge in [-0.25, -0.2) is 0 Å². The van der Waals surface area contributed by atoms with Crippen molar-refractivity contribution in [3.05, 3.63) is 82.6 Å². The molecule has 0 aliphatic heterocycles. The third kappa shape index (κ3) is 8.98. The molecule has 0 spiro atoms. The van der Waals surface area contributed by atoms with Gasteiger partial charge in [0.05, 0.1) is 0 Å². The van der Waals surface area contributed by atoms with Crippen molar-refractivity contribution in [2.75, 3.05) is 13.6 Å². The summed E-state index contributed by atoms with van der Waals surface area (Å²) in [6, 6.07) is 16.0. The van der Waals surface area contributed by atoms with Crippen molar-refractivity contribution >= 4 is 23.7 Å². The molecule has 2 aromatic carbocycles. The van der Waals surface area contributed by atoms with E-state index >= 15 is 0 Å². The number of phenols is 1. The van der Waals surface area contributed by atoms with Gasteiger partial charge in [0.15, 0.2) is 11.5 Å². The SMILES string of the molecule is CN(C/C=C/C#CC(C)(C)C)Cc1ccc(O)c(OCc2cccc(-c3ccsc3)c2)c1.Cl. The van der Waals surface area contributed by atoms with Gasteiger partial charge < -0.3 is 9.84 Å². The topological polar surface area (TPSA) is 32.7 Å². The Morgan fingerprint density at radius 2 is 1.88 bits per heavy atom. The maximum Gasteiger partial charge on any atom is 0.161 e. The van der Waals surface area contributed by atoms with Gasteiger partial charge in [0.1, 0.15) is 6.61 Å². The van der Waals surface area contributed by atoms with Gasteiger partial charge in [-0.1, -0.05) is 42.2 Å². The Morgan fingerprint density at radius 3 is 2.61 bits per heavy atom. The summed E-state index contributed by atoms with van der Waals surface area (Å²) >= 11 is 1.69. The fourth-order valence-electron chi connectivity index (χ4n) is 3.13. The molecule has 3 rings (SSSR count). The highest BCUT2D eigenvalue weighted by Gasteiger charge is 2.08. The summed E-state index contributed by atoms with van der Waals surface area (Å²) in [6.45, 7) is 8.26. The van der Waals surface area contributed by atoms with Crippen molar-refractivity contribution < 1.29 is 9.84 Å². The predicted molar refractivity (Wildman–Crippen MR) is 142 cm³/mol. The van der Waals surface area contributed by atoms with Gasteiger partial charge in [0.25, 0.3) is 0 Å². The Kier molecular flexibility index (Phi) is 10.1. The number of hydrogen-bond acceptors (Lipinski definition) is 4. The molecule has 1 heterocycles. The Hall–Kier alpha value is -2.71. The molecule has 0 saturated carbocycles. The molecule has 3 aromatic rings. The van der Waals surface area contributed by atoms with E-state index in [0.29, 0.717) is 12.4 Å². The number of allylic oxidation sites excluding steroid dienone is 1. The van der Waals surface area contributed by atoms with Crippen molar-refractivity contribution in [3.63, 3.8) is 0 Å². The van der Waals surface area contributed by atoms with Crippen LogP contribution < -0.4 is 4.74 Å². The van der Waals surface area contributed by atoms with E-state index in [4.69, 9.17) is 4.74 Å². The Morgan fingerprint density at radius 1 is 1.06 bits per heavy atom. The first-order chi connectivity index (χ1) is 15.3. The van der Waals surface area contributed by atoms with Gasteiger partial charge >= 0.3 is 0 Å². The summed E-state index contributed by atoms with van der Waals surface area (Å²) < 4.78 is 5.96. The van der Waals surface area contributed by atoms with Gasteiger partial charge in [0, 0.05) is 18.5 Å². The van der Waals surface area contributed by atoms with Crippen molar-refractivity contribution in [2.45, 2.75) is 33.9 Å². The number of likely N-dealkylation sites (N-methyl/N-ethyl adjacent to an activating group) is 1. The lowest BCUT2D eigenvalue weighted by Crippen LogP contribution is -2.17. The Balaban J connectivity index is 0.00000385. The maximum absolute atomic E-state index is 10.3. The smallest absolute Gasteiger partial charge is 0.161 e. The molecular weight excluding hydrogens is 450 g/mol. The molecule has 0 amide bonds. The second-order valence-corrected chi connectivity index (χ2v) is 9.70. The van der Waals surface area contributed by atoms with Crippen molar-refractivity contribution in [1.29, 1.82) is 0 Å². The van der Waals surface area contributed by atoms with Crippen LogP contribution in [0.15, 0.2) is 71.4 Å². The van der Waals surface area contributed by atoms with E-state index in [1.807, 2.05) is 30.3 Å². The lowest BCUT2D eigenvalue weighted by atomic mass is 9.98. The fraction of sp³-hybridized carbons (Fsp3) is 0.286. The average Bonchev–Trinajstić information content (AvgIpc) is 3.28. The zero-order valence-electron chi connectivity index (χ0n) is 19.7. The van der Waals surface area contributed by atoms with Crippen LogP contribution in [0.4, 0.5) is 0 Å². The van der Waals surface area contributed by atoms with E-state index in [1.54, 1.807) is 17.4 Å². The summed E-state index contributed by atoms with van der Waals surface area (Å²) in [7, 11) is 2.06. The molecule has 3 nitrogen and oxygen atoms in total. The monoisotopic (exact) mass is 481 g/mol. The Bertz CT molecular complexity index is 1100. The van der Waals surface area contributed by atoms with Crippen LogP contribution in [-0.2, 0) is 13.2 Å². The highest BCUT2D eigenvalue weighted by atomic mass is 35.5. The molecule has 0 fully saturated rings. The molecule has 0 atom stereocenters. The van der Waals surface area contributed by atoms with Gasteiger partial charge in [-0.15, -0.1) is 12.4 Å². The van der Waals surface area contributed by atoms with E-state index in [-0.39, 0.29) is 23.6 Å².